The number of hydrogen-bond acceptors (Lipinski definition) is 4. The first-order valence-electron chi connectivity index (χ1n) is 6.15. The Kier molecular flexibility index (Phi) is 3.66. The highest BCUT2D eigenvalue weighted by atomic mass is 32.2. The largest absolute Gasteiger partial charge is 0.490 e. The number of nitrogens with one attached hydrogen (secondary N) is 1. The minimum atomic E-state index is -3.74. The molecule has 2 rings (SSSR count). The summed E-state index contributed by atoms with van der Waals surface area (Å²) in [6.07, 6.45) is 1.80. The summed E-state index contributed by atoms with van der Waals surface area (Å²) in [5, 5.41) is 0. The van der Waals surface area contributed by atoms with Crippen LogP contribution in [-0.2, 0) is 10.2 Å². The molecule has 0 bridgehead atoms. The van der Waals surface area contributed by atoms with Crippen molar-refractivity contribution in [3.05, 3.63) is 23.8 Å². The lowest BCUT2D eigenvalue weighted by atomic mass is 10.1. The Labute approximate surface area is 112 Å². The van der Waals surface area contributed by atoms with E-state index in [4.69, 9.17) is 10.5 Å². The van der Waals surface area contributed by atoms with Gasteiger partial charge in [0, 0.05) is 0 Å². The van der Waals surface area contributed by atoms with E-state index in [-0.39, 0.29) is 11.9 Å². The molecule has 1 heterocycles. The second kappa shape index (κ2) is 5.08. The Morgan fingerprint density at radius 2 is 2.05 bits per heavy atom. The highest BCUT2D eigenvalue weighted by molar-refractivity contribution is 7.91. The number of ether oxygens (including phenoxy) is 1. The molecule has 6 nitrogen and oxygen atoms in total. The maximum Gasteiger partial charge on any atom is 0.344 e. The lowest BCUT2D eigenvalue weighted by Gasteiger charge is -2.22. The SMILES string of the molecule is CCC(CC)Oc1cccc2c1C(N)=NS(=O)(=O)N2. The summed E-state index contributed by atoms with van der Waals surface area (Å²) in [7, 11) is -3.74. The maximum absolute atomic E-state index is 11.5. The second-order valence-electron chi connectivity index (χ2n) is 4.29. The summed E-state index contributed by atoms with van der Waals surface area (Å²) in [5.74, 6) is 0.505. The lowest BCUT2D eigenvalue weighted by molar-refractivity contribution is 0.192. The Bertz CT molecular complexity index is 607. The molecule has 0 saturated heterocycles. The van der Waals surface area contributed by atoms with Gasteiger partial charge < -0.3 is 10.5 Å². The summed E-state index contributed by atoms with van der Waals surface area (Å²) in [6.45, 7) is 4.06. The second-order valence-corrected chi connectivity index (χ2v) is 5.63. The molecule has 0 aliphatic carbocycles. The number of benzene rings is 1. The van der Waals surface area contributed by atoms with Gasteiger partial charge in [-0.15, -0.1) is 4.40 Å². The molecule has 1 aliphatic heterocycles. The highest BCUT2D eigenvalue weighted by Gasteiger charge is 2.24. The fourth-order valence-electron chi connectivity index (χ4n) is 1.95. The van der Waals surface area contributed by atoms with E-state index in [0.717, 1.165) is 12.8 Å². The zero-order valence-electron chi connectivity index (χ0n) is 10.9. The van der Waals surface area contributed by atoms with Gasteiger partial charge in [-0.1, -0.05) is 19.9 Å². The van der Waals surface area contributed by atoms with Gasteiger partial charge in [0.2, 0.25) is 0 Å². The van der Waals surface area contributed by atoms with Gasteiger partial charge in [-0.25, -0.2) is 0 Å². The number of nitrogens with two attached hydrogens (primary N) is 1. The molecule has 0 saturated carbocycles. The third-order valence-corrected chi connectivity index (χ3v) is 3.86. The molecular formula is C12H17N3O3S. The molecule has 0 spiro atoms. The number of anilines is 1. The minimum Gasteiger partial charge on any atom is -0.490 e. The number of amidine groups is 1. The Morgan fingerprint density at radius 1 is 1.37 bits per heavy atom. The molecule has 7 heteroatoms. The predicted octanol–water partition coefficient (Wildman–Crippen LogP) is 1.63. The van der Waals surface area contributed by atoms with Crippen molar-refractivity contribution in [3.63, 3.8) is 0 Å². The fraction of sp³-hybridized carbons (Fsp3) is 0.417. The quantitative estimate of drug-likeness (QED) is 0.878. The van der Waals surface area contributed by atoms with Gasteiger partial charge >= 0.3 is 10.2 Å². The molecular weight excluding hydrogens is 266 g/mol. The minimum absolute atomic E-state index is 0.0460. The van der Waals surface area contributed by atoms with Crippen LogP contribution in [0.5, 0.6) is 5.75 Å². The van der Waals surface area contributed by atoms with Crippen molar-refractivity contribution in [1.82, 2.24) is 0 Å². The van der Waals surface area contributed by atoms with Gasteiger partial charge in [0.05, 0.1) is 17.4 Å². The Hall–Kier alpha value is -1.76. The van der Waals surface area contributed by atoms with Gasteiger partial charge in [-0.2, -0.15) is 8.42 Å². The van der Waals surface area contributed by atoms with Crippen LogP contribution < -0.4 is 15.2 Å². The van der Waals surface area contributed by atoms with Crippen LogP contribution in [0.15, 0.2) is 22.6 Å². The van der Waals surface area contributed by atoms with E-state index < -0.39 is 10.2 Å². The maximum atomic E-state index is 11.5. The molecule has 3 N–H and O–H groups in total. The summed E-state index contributed by atoms with van der Waals surface area (Å²) in [6, 6.07) is 5.12. The molecule has 1 aromatic carbocycles. The van der Waals surface area contributed by atoms with Crippen LogP contribution >= 0.6 is 0 Å². The standard InChI is InChI=1S/C12H17N3O3S/c1-3-8(4-2)18-10-7-5-6-9-11(10)12(13)15-19(16,17)14-9/h5-8,14H,3-4H2,1-2H3,(H2,13,15). The van der Waals surface area contributed by atoms with E-state index in [1.807, 2.05) is 13.8 Å². The van der Waals surface area contributed by atoms with Crippen molar-refractivity contribution in [2.24, 2.45) is 10.1 Å². The summed E-state index contributed by atoms with van der Waals surface area (Å²) in [5.41, 5.74) is 6.64. The van der Waals surface area contributed by atoms with Crippen molar-refractivity contribution in [1.29, 1.82) is 0 Å². The smallest absolute Gasteiger partial charge is 0.344 e. The molecule has 0 fully saturated rings. The molecule has 19 heavy (non-hydrogen) atoms. The van der Waals surface area contributed by atoms with Crippen molar-refractivity contribution in [2.75, 3.05) is 4.72 Å². The molecule has 1 aromatic rings. The lowest BCUT2D eigenvalue weighted by Crippen LogP contribution is -2.27. The molecule has 0 radical (unpaired) electrons. The van der Waals surface area contributed by atoms with Gasteiger partial charge in [0.1, 0.15) is 5.75 Å². The third-order valence-electron chi connectivity index (χ3n) is 2.94. The fourth-order valence-corrected chi connectivity index (χ4v) is 2.79. The predicted molar refractivity (Wildman–Crippen MR) is 74.7 cm³/mol. The van der Waals surface area contributed by atoms with Gasteiger partial charge in [0.25, 0.3) is 0 Å². The van der Waals surface area contributed by atoms with Gasteiger partial charge in [-0.3, -0.25) is 4.72 Å². The third kappa shape index (κ3) is 2.81. The van der Waals surface area contributed by atoms with E-state index in [9.17, 15) is 8.42 Å². The van der Waals surface area contributed by atoms with Crippen LogP contribution in [0.2, 0.25) is 0 Å². The number of nitrogens with zero attached hydrogens (tertiary/aromatic N) is 1. The molecule has 104 valence electrons. The van der Waals surface area contributed by atoms with Gasteiger partial charge in [-0.05, 0) is 25.0 Å². The average Bonchev–Trinajstić information content (AvgIpc) is 2.33. The van der Waals surface area contributed by atoms with E-state index in [1.165, 1.54) is 0 Å². The normalized spacial score (nSPS) is 16.5. The van der Waals surface area contributed by atoms with Crippen LogP contribution in [0.25, 0.3) is 0 Å². The molecule has 1 aliphatic rings. The van der Waals surface area contributed by atoms with E-state index in [0.29, 0.717) is 17.0 Å². The highest BCUT2D eigenvalue weighted by Crippen LogP contribution is 2.31. The molecule has 0 aromatic heterocycles. The molecule has 0 unspecified atom stereocenters. The van der Waals surface area contributed by atoms with Crippen LogP contribution in [0.4, 0.5) is 5.69 Å². The van der Waals surface area contributed by atoms with Crippen molar-refractivity contribution in [3.8, 4) is 5.75 Å². The zero-order valence-corrected chi connectivity index (χ0v) is 11.7. The van der Waals surface area contributed by atoms with E-state index in [1.54, 1.807) is 18.2 Å². The number of fused-ring (bicyclic) bond motifs is 1. The van der Waals surface area contributed by atoms with Gasteiger partial charge in [0.15, 0.2) is 5.84 Å². The average molecular weight is 283 g/mol. The van der Waals surface area contributed by atoms with Crippen molar-refractivity contribution in [2.45, 2.75) is 32.8 Å². The van der Waals surface area contributed by atoms with Crippen molar-refractivity contribution < 1.29 is 13.2 Å². The number of hydrogen-bond donors (Lipinski definition) is 2. The van der Waals surface area contributed by atoms with Crippen LogP contribution in [0, 0.1) is 0 Å². The molecule has 0 amide bonds. The molecule has 0 atom stereocenters. The topological polar surface area (TPSA) is 93.8 Å². The van der Waals surface area contributed by atoms with Crippen LogP contribution in [0.3, 0.4) is 0 Å². The first-order valence-corrected chi connectivity index (χ1v) is 7.59. The summed E-state index contributed by atoms with van der Waals surface area (Å²) in [4.78, 5) is 0. The monoisotopic (exact) mass is 283 g/mol. The van der Waals surface area contributed by atoms with Crippen LogP contribution in [-0.4, -0.2) is 20.4 Å². The first kappa shape index (κ1) is 13.7. The summed E-state index contributed by atoms with van der Waals surface area (Å²) >= 11 is 0. The van der Waals surface area contributed by atoms with E-state index in [2.05, 4.69) is 9.12 Å². The van der Waals surface area contributed by atoms with Crippen molar-refractivity contribution >= 4 is 21.7 Å². The Morgan fingerprint density at radius 3 is 2.68 bits per heavy atom. The van der Waals surface area contributed by atoms with Crippen LogP contribution in [0.1, 0.15) is 32.3 Å². The Balaban J connectivity index is 2.45. The first-order chi connectivity index (χ1) is 8.96. The number of rotatable bonds is 4. The zero-order chi connectivity index (χ0) is 14.0. The van der Waals surface area contributed by atoms with E-state index >= 15 is 0 Å². The summed E-state index contributed by atoms with van der Waals surface area (Å²) < 4.78 is 34.5.